The number of piperazine rings is 1. The van der Waals surface area contributed by atoms with E-state index in [1.807, 2.05) is 11.3 Å². The molecule has 1 N–H and O–H groups in total. The third-order valence-corrected chi connectivity index (χ3v) is 6.59. The average molecular weight is 329 g/mol. The first kappa shape index (κ1) is 16.7. The van der Waals surface area contributed by atoms with Crippen molar-refractivity contribution in [3.05, 3.63) is 55.8 Å². The molecule has 0 unspecified atom stereocenters. The molecule has 3 rings (SSSR count). The third kappa shape index (κ3) is 2.98. The van der Waals surface area contributed by atoms with Gasteiger partial charge in [0.25, 0.3) is 0 Å². The van der Waals surface area contributed by atoms with Gasteiger partial charge in [0.15, 0.2) is 0 Å². The molecule has 1 aromatic carbocycles. The average Bonchev–Trinajstić information content (AvgIpc) is 3.10. The summed E-state index contributed by atoms with van der Waals surface area (Å²) in [5.74, 6) is 0. The normalized spacial score (nSPS) is 17.4. The molecule has 1 saturated heterocycles. The smallest absolute Gasteiger partial charge is 0.0702 e. The van der Waals surface area contributed by atoms with E-state index in [4.69, 9.17) is 0 Å². The number of nitrogens with zero attached hydrogens (tertiary/aromatic N) is 1. The molecule has 2 nitrogen and oxygen atoms in total. The Morgan fingerprint density at radius 3 is 2.00 bits per heavy atom. The van der Waals surface area contributed by atoms with Gasteiger partial charge in [0.1, 0.15) is 0 Å². The lowest BCUT2D eigenvalue weighted by atomic mass is 9.85. The van der Waals surface area contributed by atoms with Gasteiger partial charge in [-0.25, -0.2) is 0 Å². The Morgan fingerprint density at radius 2 is 1.48 bits per heavy atom. The summed E-state index contributed by atoms with van der Waals surface area (Å²) in [5, 5.41) is 5.70. The van der Waals surface area contributed by atoms with E-state index in [-0.39, 0.29) is 0 Å². The van der Waals surface area contributed by atoms with Crippen molar-refractivity contribution in [3.8, 4) is 0 Å². The minimum absolute atomic E-state index is 0.398. The van der Waals surface area contributed by atoms with E-state index in [1.54, 1.807) is 0 Å². The van der Waals surface area contributed by atoms with E-state index in [1.165, 1.54) is 38.3 Å². The van der Waals surface area contributed by atoms with Crippen LogP contribution >= 0.6 is 11.3 Å². The van der Waals surface area contributed by atoms with Gasteiger partial charge in [0.2, 0.25) is 0 Å². The van der Waals surface area contributed by atoms with Crippen LogP contribution in [0.3, 0.4) is 0 Å². The topological polar surface area (TPSA) is 15.3 Å². The zero-order valence-corrected chi connectivity index (χ0v) is 15.8. The van der Waals surface area contributed by atoms with E-state index >= 15 is 0 Å². The van der Waals surface area contributed by atoms with Crippen LogP contribution in [0.5, 0.6) is 0 Å². The predicted octanol–water partition coefficient (Wildman–Crippen LogP) is 4.28. The molecule has 2 aromatic rings. The van der Waals surface area contributed by atoms with Crippen LogP contribution in [0.1, 0.15) is 44.3 Å². The second-order valence-electron chi connectivity index (χ2n) is 6.74. The number of hydrogen-bond acceptors (Lipinski definition) is 3. The van der Waals surface area contributed by atoms with Gasteiger partial charge in [0, 0.05) is 31.1 Å². The van der Waals surface area contributed by atoms with Gasteiger partial charge in [-0.3, -0.25) is 4.90 Å². The number of rotatable bonds is 3. The highest BCUT2D eigenvalue weighted by atomic mass is 32.1. The summed E-state index contributed by atoms with van der Waals surface area (Å²) < 4.78 is 0. The second kappa shape index (κ2) is 6.76. The molecule has 23 heavy (non-hydrogen) atoms. The minimum atomic E-state index is 0.398. The molecule has 124 valence electrons. The maximum atomic E-state index is 3.49. The molecule has 0 saturated carbocycles. The van der Waals surface area contributed by atoms with Crippen LogP contribution in [0.2, 0.25) is 0 Å². The zero-order valence-electron chi connectivity index (χ0n) is 15.0. The van der Waals surface area contributed by atoms with E-state index in [0.717, 1.165) is 26.2 Å². The fourth-order valence-electron chi connectivity index (χ4n) is 3.83. The highest BCUT2D eigenvalue weighted by Gasteiger charge is 2.28. The number of nitrogens with one attached hydrogen (secondary N) is 1. The Morgan fingerprint density at radius 1 is 0.913 bits per heavy atom. The number of hydrogen-bond donors (Lipinski definition) is 1. The molecule has 0 bridgehead atoms. The van der Waals surface area contributed by atoms with Gasteiger partial charge >= 0.3 is 0 Å². The van der Waals surface area contributed by atoms with Crippen LogP contribution in [0.4, 0.5) is 0 Å². The number of benzene rings is 1. The van der Waals surface area contributed by atoms with Crippen LogP contribution in [0, 0.1) is 34.6 Å². The number of thiophene rings is 1. The highest BCUT2D eigenvalue weighted by Crippen LogP contribution is 2.38. The summed E-state index contributed by atoms with van der Waals surface area (Å²) in [6, 6.07) is 4.89. The van der Waals surface area contributed by atoms with Crippen LogP contribution in [-0.2, 0) is 0 Å². The van der Waals surface area contributed by atoms with Gasteiger partial charge in [-0.2, -0.15) is 0 Å². The first-order valence-corrected chi connectivity index (χ1v) is 9.45. The largest absolute Gasteiger partial charge is 0.314 e. The van der Waals surface area contributed by atoms with Crippen molar-refractivity contribution in [1.82, 2.24) is 10.2 Å². The van der Waals surface area contributed by atoms with Gasteiger partial charge in [-0.1, -0.05) is 6.07 Å². The van der Waals surface area contributed by atoms with Gasteiger partial charge < -0.3 is 5.32 Å². The fourth-order valence-corrected chi connectivity index (χ4v) is 4.70. The zero-order chi connectivity index (χ0) is 16.6. The maximum absolute atomic E-state index is 3.49. The fraction of sp³-hybridized carbons (Fsp3) is 0.500. The van der Waals surface area contributed by atoms with E-state index < -0.39 is 0 Å². The molecule has 1 aromatic heterocycles. The van der Waals surface area contributed by atoms with Crippen molar-refractivity contribution in [3.63, 3.8) is 0 Å². The van der Waals surface area contributed by atoms with Crippen molar-refractivity contribution in [2.24, 2.45) is 0 Å². The lowest BCUT2D eigenvalue weighted by Gasteiger charge is -2.37. The second-order valence-corrected chi connectivity index (χ2v) is 7.72. The monoisotopic (exact) mass is 328 g/mol. The van der Waals surface area contributed by atoms with Crippen LogP contribution in [0.15, 0.2) is 17.5 Å². The van der Waals surface area contributed by atoms with Crippen LogP contribution in [-0.4, -0.2) is 31.1 Å². The molecular weight excluding hydrogens is 300 g/mol. The lowest BCUT2D eigenvalue weighted by molar-refractivity contribution is 0.199. The molecular formula is C20H28N2S. The molecule has 3 heteroatoms. The van der Waals surface area contributed by atoms with Crippen LogP contribution < -0.4 is 5.32 Å². The van der Waals surface area contributed by atoms with Crippen molar-refractivity contribution < 1.29 is 0 Å². The van der Waals surface area contributed by atoms with Crippen LogP contribution in [0.25, 0.3) is 0 Å². The molecule has 1 fully saturated rings. The molecule has 2 heterocycles. The molecule has 1 aliphatic heterocycles. The summed E-state index contributed by atoms with van der Waals surface area (Å²) in [4.78, 5) is 4.13. The van der Waals surface area contributed by atoms with E-state index in [2.05, 4.69) is 62.3 Å². The highest BCUT2D eigenvalue weighted by molar-refractivity contribution is 7.10. The van der Waals surface area contributed by atoms with Crippen molar-refractivity contribution >= 4 is 11.3 Å². The summed E-state index contributed by atoms with van der Waals surface area (Å²) >= 11 is 1.89. The molecule has 0 aliphatic carbocycles. The Kier molecular flexibility index (Phi) is 4.90. The minimum Gasteiger partial charge on any atom is -0.314 e. The summed E-state index contributed by atoms with van der Waals surface area (Å²) in [6.07, 6.45) is 0. The van der Waals surface area contributed by atoms with E-state index in [9.17, 15) is 0 Å². The van der Waals surface area contributed by atoms with Gasteiger partial charge in [-0.15, -0.1) is 11.3 Å². The lowest BCUT2D eigenvalue weighted by Crippen LogP contribution is -2.45. The Balaban J connectivity index is 2.18. The summed E-state index contributed by atoms with van der Waals surface area (Å²) in [6.45, 7) is 15.9. The summed E-state index contributed by atoms with van der Waals surface area (Å²) in [5.41, 5.74) is 8.86. The Bertz CT molecular complexity index is 653. The molecule has 0 spiro atoms. The van der Waals surface area contributed by atoms with Crippen molar-refractivity contribution in [2.45, 2.75) is 40.7 Å². The molecule has 1 atom stereocenters. The van der Waals surface area contributed by atoms with E-state index in [0.29, 0.717) is 6.04 Å². The van der Waals surface area contributed by atoms with Gasteiger partial charge in [0.05, 0.1) is 6.04 Å². The standard InChI is InChI=1S/C20H28N2S/c1-13-14(2)16(4)19(17(5)15(13)3)20(18-7-6-12-23-18)22-10-8-21-9-11-22/h6-7,12,20-21H,8-11H2,1-5H3/t20-/m1/s1. The first-order valence-electron chi connectivity index (χ1n) is 8.57. The summed E-state index contributed by atoms with van der Waals surface area (Å²) in [7, 11) is 0. The quantitative estimate of drug-likeness (QED) is 0.904. The predicted molar refractivity (Wildman–Crippen MR) is 101 cm³/mol. The first-order chi connectivity index (χ1) is 11.0. The Hall–Kier alpha value is -1.16. The molecule has 0 radical (unpaired) electrons. The SMILES string of the molecule is Cc1c(C)c(C)c([C@@H](c2cccs2)N2CCNCC2)c(C)c1C. The molecule has 0 amide bonds. The van der Waals surface area contributed by atoms with Crippen molar-refractivity contribution in [1.29, 1.82) is 0 Å². The third-order valence-electron chi connectivity index (χ3n) is 5.66. The Labute approximate surface area is 144 Å². The van der Waals surface area contributed by atoms with Crippen molar-refractivity contribution in [2.75, 3.05) is 26.2 Å². The maximum Gasteiger partial charge on any atom is 0.0702 e. The van der Waals surface area contributed by atoms with Gasteiger partial charge in [-0.05, 0) is 79.4 Å². The molecule has 1 aliphatic rings.